The predicted molar refractivity (Wildman–Crippen MR) is 77.1 cm³/mol. The molecule has 1 nitrogen and oxygen atoms in total. The van der Waals surface area contributed by atoms with E-state index in [-0.39, 0.29) is 17.8 Å². The van der Waals surface area contributed by atoms with Crippen LogP contribution in [-0.4, -0.2) is 6.04 Å². The SMILES string of the molecule is CCCC1CCC(N)C(c2cc(Br)ccc2F)C1. The van der Waals surface area contributed by atoms with Gasteiger partial charge in [0.15, 0.2) is 0 Å². The second kappa shape index (κ2) is 6.16. The van der Waals surface area contributed by atoms with E-state index in [9.17, 15) is 4.39 Å². The fourth-order valence-electron chi connectivity index (χ4n) is 3.11. The molecule has 0 heterocycles. The van der Waals surface area contributed by atoms with Crippen LogP contribution in [0.3, 0.4) is 0 Å². The Kier molecular flexibility index (Phi) is 4.79. The molecule has 3 unspecified atom stereocenters. The van der Waals surface area contributed by atoms with Crippen molar-refractivity contribution in [3.05, 3.63) is 34.1 Å². The van der Waals surface area contributed by atoms with Gasteiger partial charge in [0, 0.05) is 16.4 Å². The highest BCUT2D eigenvalue weighted by Crippen LogP contribution is 2.39. The molecule has 0 aromatic heterocycles. The van der Waals surface area contributed by atoms with Gasteiger partial charge in [0.1, 0.15) is 5.82 Å². The van der Waals surface area contributed by atoms with Crippen LogP contribution in [0.5, 0.6) is 0 Å². The van der Waals surface area contributed by atoms with E-state index in [2.05, 4.69) is 22.9 Å². The fraction of sp³-hybridized carbons (Fsp3) is 0.600. The van der Waals surface area contributed by atoms with Crippen molar-refractivity contribution in [2.24, 2.45) is 11.7 Å². The highest BCUT2D eigenvalue weighted by atomic mass is 79.9. The van der Waals surface area contributed by atoms with Crippen LogP contribution in [0, 0.1) is 11.7 Å². The Hall–Kier alpha value is -0.410. The lowest BCUT2D eigenvalue weighted by atomic mass is 9.73. The van der Waals surface area contributed by atoms with Gasteiger partial charge in [-0.1, -0.05) is 35.7 Å². The average molecular weight is 314 g/mol. The number of halogens is 2. The summed E-state index contributed by atoms with van der Waals surface area (Å²) in [6.07, 6.45) is 5.68. The molecule has 3 atom stereocenters. The molecule has 18 heavy (non-hydrogen) atoms. The molecule has 1 aliphatic rings. The van der Waals surface area contributed by atoms with Crippen LogP contribution >= 0.6 is 15.9 Å². The molecule has 0 aliphatic heterocycles. The number of nitrogens with two attached hydrogens (primary N) is 1. The van der Waals surface area contributed by atoms with Gasteiger partial charge in [-0.2, -0.15) is 0 Å². The largest absolute Gasteiger partial charge is 0.327 e. The third-order valence-electron chi connectivity index (χ3n) is 4.07. The van der Waals surface area contributed by atoms with Crippen LogP contribution in [-0.2, 0) is 0 Å². The van der Waals surface area contributed by atoms with E-state index in [4.69, 9.17) is 5.73 Å². The molecule has 0 radical (unpaired) electrons. The lowest BCUT2D eigenvalue weighted by Gasteiger charge is -2.34. The van der Waals surface area contributed by atoms with Gasteiger partial charge in [0.25, 0.3) is 0 Å². The summed E-state index contributed by atoms with van der Waals surface area (Å²) in [5.41, 5.74) is 7.00. The van der Waals surface area contributed by atoms with E-state index in [0.29, 0.717) is 5.92 Å². The van der Waals surface area contributed by atoms with Crippen molar-refractivity contribution in [1.82, 2.24) is 0 Å². The van der Waals surface area contributed by atoms with Crippen molar-refractivity contribution >= 4 is 15.9 Å². The number of benzene rings is 1. The molecule has 1 saturated carbocycles. The highest BCUT2D eigenvalue weighted by Gasteiger charge is 2.30. The van der Waals surface area contributed by atoms with Crippen LogP contribution in [0.4, 0.5) is 4.39 Å². The van der Waals surface area contributed by atoms with E-state index >= 15 is 0 Å². The summed E-state index contributed by atoms with van der Waals surface area (Å²) < 4.78 is 14.9. The normalized spacial score (nSPS) is 28.3. The fourth-order valence-corrected chi connectivity index (χ4v) is 3.49. The highest BCUT2D eigenvalue weighted by molar-refractivity contribution is 9.10. The first-order valence-corrected chi connectivity index (χ1v) is 7.61. The lowest BCUT2D eigenvalue weighted by molar-refractivity contribution is 0.270. The van der Waals surface area contributed by atoms with Crippen LogP contribution in [0.1, 0.15) is 50.5 Å². The Bertz CT molecular complexity index is 407. The molecule has 1 aliphatic carbocycles. The number of hydrogen-bond donors (Lipinski definition) is 1. The summed E-state index contributed by atoms with van der Waals surface area (Å²) in [4.78, 5) is 0. The molecule has 1 aromatic rings. The third-order valence-corrected chi connectivity index (χ3v) is 4.56. The zero-order valence-electron chi connectivity index (χ0n) is 10.8. The van der Waals surface area contributed by atoms with E-state index < -0.39 is 0 Å². The second-order valence-electron chi connectivity index (χ2n) is 5.40. The molecule has 0 bridgehead atoms. The first kappa shape index (κ1) is 14.0. The average Bonchev–Trinajstić information content (AvgIpc) is 2.35. The van der Waals surface area contributed by atoms with Crippen molar-refractivity contribution in [2.45, 2.75) is 51.0 Å². The Morgan fingerprint density at radius 2 is 2.17 bits per heavy atom. The van der Waals surface area contributed by atoms with Crippen LogP contribution in [0.25, 0.3) is 0 Å². The van der Waals surface area contributed by atoms with Crippen LogP contribution in [0.15, 0.2) is 22.7 Å². The van der Waals surface area contributed by atoms with E-state index in [1.165, 1.54) is 25.3 Å². The molecular weight excluding hydrogens is 293 g/mol. The number of rotatable bonds is 3. The van der Waals surface area contributed by atoms with E-state index in [1.807, 2.05) is 6.07 Å². The molecule has 0 saturated heterocycles. The Morgan fingerprint density at radius 3 is 2.89 bits per heavy atom. The molecule has 1 aromatic carbocycles. The Labute approximate surface area is 117 Å². The summed E-state index contributed by atoms with van der Waals surface area (Å²) in [7, 11) is 0. The molecule has 0 amide bonds. The maximum atomic E-state index is 14.0. The maximum absolute atomic E-state index is 14.0. The minimum Gasteiger partial charge on any atom is -0.327 e. The van der Waals surface area contributed by atoms with Gasteiger partial charge < -0.3 is 5.73 Å². The molecular formula is C15H21BrFN. The Morgan fingerprint density at radius 1 is 1.39 bits per heavy atom. The minimum absolute atomic E-state index is 0.0990. The lowest BCUT2D eigenvalue weighted by Crippen LogP contribution is -2.35. The topological polar surface area (TPSA) is 26.0 Å². The summed E-state index contributed by atoms with van der Waals surface area (Å²) >= 11 is 3.42. The van der Waals surface area contributed by atoms with Gasteiger partial charge in [-0.05, 0) is 48.9 Å². The first-order chi connectivity index (χ1) is 8.61. The van der Waals surface area contributed by atoms with E-state index in [0.717, 1.165) is 22.9 Å². The standard InChI is InChI=1S/C15H21BrFN/c1-2-3-10-4-7-15(18)13(8-10)12-9-11(16)5-6-14(12)17/h5-6,9-10,13,15H,2-4,7-8,18H2,1H3. The summed E-state index contributed by atoms with van der Waals surface area (Å²) in [6, 6.07) is 5.28. The molecule has 0 spiro atoms. The molecule has 1 fully saturated rings. The number of hydrogen-bond acceptors (Lipinski definition) is 1. The first-order valence-electron chi connectivity index (χ1n) is 6.82. The molecule has 2 rings (SSSR count). The minimum atomic E-state index is -0.115. The zero-order valence-corrected chi connectivity index (χ0v) is 12.4. The van der Waals surface area contributed by atoms with Gasteiger partial charge in [-0.3, -0.25) is 0 Å². The van der Waals surface area contributed by atoms with Crippen molar-refractivity contribution in [3.8, 4) is 0 Å². The van der Waals surface area contributed by atoms with Crippen molar-refractivity contribution in [1.29, 1.82) is 0 Å². The zero-order chi connectivity index (χ0) is 13.1. The summed E-state index contributed by atoms with van der Waals surface area (Å²) in [5.74, 6) is 0.766. The monoisotopic (exact) mass is 313 g/mol. The van der Waals surface area contributed by atoms with Gasteiger partial charge in [0.2, 0.25) is 0 Å². The summed E-state index contributed by atoms with van der Waals surface area (Å²) in [5, 5.41) is 0. The van der Waals surface area contributed by atoms with Crippen molar-refractivity contribution in [3.63, 3.8) is 0 Å². The van der Waals surface area contributed by atoms with Gasteiger partial charge in [-0.25, -0.2) is 4.39 Å². The molecule has 100 valence electrons. The smallest absolute Gasteiger partial charge is 0.126 e. The molecule has 3 heteroatoms. The van der Waals surface area contributed by atoms with Crippen molar-refractivity contribution in [2.75, 3.05) is 0 Å². The van der Waals surface area contributed by atoms with Crippen LogP contribution in [0.2, 0.25) is 0 Å². The third kappa shape index (κ3) is 3.12. The van der Waals surface area contributed by atoms with Gasteiger partial charge in [0.05, 0.1) is 0 Å². The quantitative estimate of drug-likeness (QED) is 0.867. The van der Waals surface area contributed by atoms with Gasteiger partial charge in [-0.15, -0.1) is 0 Å². The predicted octanol–water partition coefficient (Wildman–Crippen LogP) is 4.60. The maximum Gasteiger partial charge on any atom is 0.126 e. The van der Waals surface area contributed by atoms with Gasteiger partial charge >= 0.3 is 0 Å². The second-order valence-corrected chi connectivity index (χ2v) is 6.32. The Balaban J connectivity index is 2.21. The summed E-state index contributed by atoms with van der Waals surface area (Å²) in [6.45, 7) is 2.21. The van der Waals surface area contributed by atoms with E-state index in [1.54, 1.807) is 6.07 Å². The molecule has 2 N–H and O–H groups in total. The van der Waals surface area contributed by atoms with Crippen LogP contribution < -0.4 is 5.73 Å². The van der Waals surface area contributed by atoms with Crippen molar-refractivity contribution < 1.29 is 4.39 Å².